The minimum absolute atomic E-state index is 0. The van der Waals surface area contributed by atoms with E-state index in [9.17, 15) is 0 Å². The van der Waals surface area contributed by atoms with Crippen LogP contribution in [0.15, 0.2) is 58.1 Å². The van der Waals surface area contributed by atoms with Crippen LogP contribution < -0.4 is 10.1 Å². The maximum absolute atomic E-state index is 5.79. The van der Waals surface area contributed by atoms with Crippen LogP contribution in [0.25, 0.3) is 21.9 Å². The van der Waals surface area contributed by atoms with Crippen LogP contribution in [0.4, 0.5) is 0 Å². The number of amidine groups is 1. The number of hydrogen-bond acceptors (Lipinski definition) is 4. The molecule has 1 aliphatic rings. The second-order valence-electron chi connectivity index (χ2n) is 5.22. The van der Waals surface area contributed by atoms with Crippen molar-refractivity contribution < 1.29 is 9.15 Å². The van der Waals surface area contributed by atoms with E-state index >= 15 is 0 Å². The predicted molar refractivity (Wildman–Crippen MR) is 94.9 cm³/mol. The quantitative estimate of drug-likeness (QED) is 0.793. The summed E-state index contributed by atoms with van der Waals surface area (Å²) in [6.45, 7) is 1.66. The van der Waals surface area contributed by atoms with Gasteiger partial charge in [-0.05, 0) is 23.3 Å². The van der Waals surface area contributed by atoms with Crippen molar-refractivity contribution in [2.75, 3.05) is 20.2 Å². The number of rotatable bonds is 3. The van der Waals surface area contributed by atoms with Crippen LogP contribution >= 0.6 is 12.4 Å². The number of ether oxygens (including phenoxy) is 1. The smallest absolute Gasteiger partial charge is 0.176 e. The highest BCUT2D eigenvalue weighted by molar-refractivity contribution is 6.12. The van der Waals surface area contributed by atoms with Gasteiger partial charge in [-0.25, -0.2) is 0 Å². The van der Waals surface area contributed by atoms with Crippen molar-refractivity contribution in [2.24, 2.45) is 4.99 Å². The van der Waals surface area contributed by atoms with Crippen LogP contribution in [0.3, 0.4) is 0 Å². The van der Waals surface area contributed by atoms with Gasteiger partial charge in [-0.2, -0.15) is 0 Å². The molecule has 3 aromatic rings. The number of fused-ring (bicyclic) bond motifs is 1. The molecule has 2 aromatic carbocycles. The normalized spacial score (nSPS) is 13.3. The molecule has 1 aromatic heterocycles. The van der Waals surface area contributed by atoms with E-state index in [-0.39, 0.29) is 12.4 Å². The van der Waals surface area contributed by atoms with Crippen molar-refractivity contribution >= 4 is 29.0 Å². The molecular weight excluding hydrogens is 312 g/mol. The second-order valence-corrected chi connectivity index (χ2v) is 5.22. The fourth-order valence-corrected chi connectivity index (χ4v) is 2.84. The summed E-state index contributed by atoms with van der Waals surface area (Å²) in [6, 6.07) is 14.3. The van der Waals surface area contributed by atoms with Crippen LogP contribution in [-0.4, -0.2) is 26.0 Å². The average Bonchev–Trinajstić information content (AvgIpc) is 3.23. The van der Waals surface area contributed by atoms with E-state index in [0.717, 1.165) is 52.3 Å². The van der Waals surface area contributed by atoms with Crippen molar-refractivity contribution in [3.63, 3.8) is 0 Å². The van der Waals surface area contributed by atoms with Gasteiger partial charge in [0.25, 0.3) is 0 Å². The molecule has 0 amide bonds. The molecule has 5 heteroatoms. The number of furan rings is 1. The number of methoxy groups -OCH3 is 1. The van der Waals surface area contributed by atoms with Gasteiger partial charge in [0.1, 0.15) is 5.75 Å². The van der Waals surface area contributed by atoms with Gasteiger partial charge in [0, 0.05) is 17.3 Å². The van der Waals surface area contributed by atoms with Crippen LogP contribution in [0.1, 0.15) is 5.76 Å². The summed E-state index contributed by atoms with van der Waals surface area (Å²) >= 11 is 0. The first-order valence-corrected chi connectivity index (χ1v) is 7.30. The second kappa shape index (κ2) is 6.34. The molecule has 0 fully saturated rings. The SMILES string of the molecule is COc1ccc(-c2cccc3coc(C4=NCCN4)c23)cc1.Cl. The van der Waals surface area contributed by atoms with Crippen LogP contribution in [0.5, 0.6) is 5.75 Å². The molecule has 0 radical (unpaired) electrons. The fourth-order valence-electron chi connectivity index (χ4n) is 2.84. The molecule has 4 rings (SSSR count). The van der Waals surface area contributed by atoms with Crippen molar-refractivity contribution in [2.45, 2.75) is 0 Å². The van der Waals surface area contributed by atoms with E-state index < -0.39 is 0 Å². The van der Waals surface area contributed by atoms with Crippen LogP contribution in [0.2, 0.25) is 0 Å². The molecule has 0 atom stereocenters. The maximum Gasteiger partial charge on any atom is 0.176 e. The van der Waals surface area contributed by atoms with Crippen molar-refractivity contribution in [3.8, 4) is 16.9 Å². The first-order chi connectivity index (χ1) is 10.9. The summed E-state index contributed by atoms with van der Waals surface area (Å²) in [6.07, 6.45) is 1.79. The van der Waals surface area contributed by atoms with Gasteiger partial charge in [0.05, 0.1) is 19.9 Å². The van der Waals surface area contributed by atoms with Gasteiger partial charge >= 0.3 is 0 Å². The Morgan fingerprint density at radius 2 is 1.96 bits per heavy atom. The molecule has 0 bridgehead atoms. The molecule has 1 N–H and O–H groups in total. The fraction of sp³-hybridized carbons (Fsp3) is 0.167. The van der Waals surface area contributed by atoms with E-state index in [1.54, 1.807) is 13.4 Å². The molecule has 0 unspecified atom stereocenters. The summed E-state index contributed by atoms with van der Waals surface area (Å²) in [7, 11) is 1.67. The van der Waals surface area contributed by atoms with E-state index in [4.69, 9.17) is 9.15 Å². The van der Waals surface area contributed by atoms with Crippen molar-refractivity contribution in [3.05, 3.63) is 54.5 Å². The predicted octanol–water partition coefficient (Wildman–Crippen LogP) is 3.88. The molecule has 0 aliphatic carbocycles. The lowest BCUT2D eigenvalue weighted by atomic mass is 9.99. The molecule has 118 valence electrons. The average molecular weight is 329 g/mol. The van der Waals surface area contributed by atoms with E-state index in [2.05, 4.69) is 34.6 Å². The molecular formula is C18H17ClN2O2. The molecule has 23 heavy (non-hydrogen) atoms. The Bertz CT molecular complexity index is 853. The highest BCUT2D eigenvalue weighted by Crippen LogP contribution is 2.33. The number of benzene rings is 2. The lowest BCUT2D eigenvalue weighted by Gasteiger charge is -2.07. The highest BCUT2D eigenvalue weighted by Gasteiger charge is 2.18. The molecule has 0 saturated carbocycles. The molecule has 1 aliphatic heterocycles. The van der Waals surface area contributed by atoms with E-state index in [1.165, 1.54) is 0 Å². The van der Waals surface area contributed by atoms with E-state index in [1.807, 2.05) is 18.2 Å². The molecule has 4 nitrogen and oxygen atoms in total. The third-order valence-electron chi connectivity index (χ3n) is 3.92. The summed E-state index contributed by atoms with van der Waals surface area (Å²) in [4.78, 5) is 4.48. The van der Waals surface area contributed by atoms with E-state index in [0.29, 0.717) is 0 Å². The zero-order valence-electron chi connectivity index (χ0n) is 12.7. The van der Waals surface area contributed by atoms with Gasteiger partial charge < -0.3 is 14.5 Å². The van der Waals surface area contributed by atoms with Gasteiger partial charge in [-0.1, -0.05) is 30.3 Å². The number of hydrogen-bond donors (Lipinski definition) is 1. The molecule has 0 saturated heterocycles. The van der Waals surface area contributed by atoms with Gasteiger partial charge in [0.2, 0.25) is 0 Å². The standard InChI is InChI=1S/C18H16N2O2.ClH/c1-21-14-7-5-12(6-8-14)15-4-2-3-13-11-22-17(16(13)15)18-19-9-10-20-18;/h2-8,11H,9-10H2,1H3,(H,19,20);1H. The monoisotopic (exact) mass is 328 g/mol. The summed E-state index contributed by atoms with van der Waals surface area (Å²) < 4.78 is 11.0. The van der Waals surface area contributed by atoms with Gasteiger partial charge in [0.15, 0.2) is 11.6 Å². The largest absolute Gasteiger partial charge is 0.497 e. The lowest BCUT2D eigenvalue weighted by Crippen LogP contribution is -2.19. The first-order valence-electron chi connectivity index (χ1n) is 7.30. The maximum atomic E-state index is 5.79. The van der Waals surface area contributed by atoms with Gasteiger partial charge in [-0.15, -0.1) is 12.4 Å². The zero-order valence-corrected chi connectivity index (χ0v) is 13.5. The Kier molecular flexibility index (Phi) is 4.26. The zero-order chi connectivity index (χ0) is 14.9. The Balaban J connectivity index is 0.00000156. The topological polar surface area (TPSA) is 46.8 Å². The van der Waals surface area contributed by atoms with Crippen molar-refractivity contribution in [1.29, 1.82) is 0 Å². The third kappa shape index (κ3) is 2.66. The summed E-state index contributed by atoms with van der Waals surface area (Å²) in [5.74, 6) is 2.51. The first kappa shape index (κ1) is 15.4. The van der Waals surface area contributed by atoms with Crippen LogP contribution in [-0.2, 0) is 0 Å². The Morgan fingerprint density at radius 1 is 1.13 bits per heavy atom. The minimum atomic E-state index is 0. The third-order valence-corrected chi connectivity index (χ3v) is 3.92. The Morgan fingerprint density at radius 3 is 2.65 bits per heavy atom. The number of nitrogens with one attached hydrogen (secondary N) is 1. The number of halogens is 1. The van der Waals surface area contributed by atoms with Crippen molar-refractivity contribution in [1.82, 2.24) is 5.32 Å². The lowest BCUT2D eigenvalue weighted by molar-refractivity contribution is 0.415. The Hall–Kier alpha value is -2.46. The number of nitrogens with zero attached hydrogens (tertiary/aromatic N) is 1. The van der Waals surface area contributed by atoms with Gasteiger partial charge in [-0.3, -0.25) is 4.99 Å². The molecule has 0 spiro atoms. The summed E-state index contributed by atoms with van der Waals surface area (Å²) in [5, 5.41) is 5.47. The number of aliphatic imine (C=N–C) groups is 1. The Labute approximate surface area is 140 Å². The highest BCUT2D eigenvalue weighted by atomic mass is 35.5. The minimum Gasteiger partial charge on any atom is -0.497 e. The van der Waals surface area contributed by atoms with Crippen LogP contribution in [0, 0.1) is 0 Å². The molecule has 2 heterocycles. The summed E-state index contributed by atoms with van der Waals surface area (Å²) in [5.41, 5.74) is 2.27.